The van der Waals surface area contributed by atoms with Crippen LogP contribution < -0.4 is 10.6 Å². The number of nitrogens with zero attached hydrogens (tertiary/aromatic N) is 3. The summed E-state index contributed by atoms with van der Waals surface area (Å²) in [6, 6.07) is 0.286. The first kappa shape index (κ1) is 15.4. The van der Waals surface area contributed by atoms with E-state index in [-0.39, 0.29) is 18.5 Å². The van der Waals surface area contributed by atoms with Crippen molar-refractivity contribution in [1.29, 1.82) is 0 Å². The minimum absolute atomic E-state index is 0.0221. The number of likely N-dealkylation sites (N-methyl/N-ethyl adjacent to an activating group) is 1. The van der Waals surface area contributed by atoms with E-state index in [2.05, 4.69) is 27.8 Å². The molecule has 0 unspecified atom stereocenters. The highest BCUT2D eigenvalue weighted by atomic mass is 16.4. The minimum atomic E-state index is 0.0221. The Balaban J connectivity index is 2.35. The van der Waals surface area contributed by atoms with Gasteiger partial charge in [0, 0.05) is 13.1 Å². The number of carbonyl (C=O) groups excluding carboxylic acids is 1. The quantitative estimate of drug-likeness (QED) is 0.647. The van der Waals surface area contributed by atoms with Gasteiger partial charge >= 0.3 is 6.01 Å². The van der Waals surface area contributed by atoms with Crippen LogP contribution in [0, 0.1) is 0 Å². The number of rotatable bonds is 9. The van der Waals surface area contributed by atoms with E-state index < -0.39 is 0 Å². The molecule has 108 valence electrons. The summed E-state index contributed by atoms with van der Waals surface area (Å²) in [6.45, 7) is 9.02. The highest BCUT2D eigenvalue weighted by Gasteiger charge is 2.11. The van der Waals surface area contributed by atoms with Crippen LogP contribution in [0.1, 0.15) is 33.1 Å². The molecule has 1 rings (SSSR count). The van der Waals surface area contributed by atoms with E-state index in [1.54, 1.807) is 4.90 Å². The summed E-state index contributed by atoms with van der Waals surface area (Å²) in [5.74, 6) is 0.542. The molecule has 0 saturated heterocycles. The molecule has 0 aliphatic carbocycles. The second kappa shape index (κ2) is 8.47. The maximum Gasteiger partial charge on any atom is 0.315 e. The van der Waals surface area contributed by atoms with Crippen LogP contribution >= 0.6 is 0 Å². The number of hydrogen-bond acceptors (Lipinski definition) is 6. The Hall–Kier alpha value is -1.63. The molecule has 0 saturated carbocycles. The van der Waals surface area contributed by atoms with Crippen molar-refractivity contribution in [3.63, 3.8) is 0 Å². The van der Waals surface area contributed by atoms with Gasteiger partial charge in [-0.3, -0.25) is 4.79 Å². The highest BCUT2D eigenvalue weighted by molar-refractivity contribution is 5.80. The smallest absolute Gasteiger partial charge is 0.315 e. The van der Waals surface area contributed by atoms with Crippen LogP contribution in [0.2, 0.25) is 0 Å². The summed E-state index contributed by atoms with van der Waals surface area (Å²) in [6.07, 6.45) is 1.05. The lowest BCUT2D eigenvalue weighted by atomic mass is 10.4. The van der Waals surface area contributed by atoms with Crippen LogP contribution in [0.3, 0.4) is 0 Å². The maximum atomic E-state index is 11.8. The Bertz CT molecular complexity index is 376. The Morgan fingerprint density at radius 1 is 1.26 bits per heavy atom. The molecule has 0 spiro atoms. The van der Waals surface area contributed by atoms with E-state index in [1.807, 2.05) is 13.8 Å². The van der Waals surface area contributed by atoms with Crippen molar-refractivity contribution in [2.24, 2.45) is 0 Å². The lowest BCUT2D eigenvalue weighted by molar-refractivity contribution is -0.128. The fourth-order valence-corrected chi connectivity index (χ4v) is 1.61. The van der Waals surface area contributed by atoms with Crippen LogP contribution in [0.4, 0.5) is 6.01 Å². The summed E-state index contributed by atoms with van der Waals surface area (Å²) in [5, 5.41) is 13.7. The third-order valence-electron chi connectivity index (χ3n) is 2.68. The van der Waals surface area contributed by atoms with Gasteiger partial charge in [0.05, 0.1) is 13.1 Å². The molecule has 0 aliphatic heterocycles. The van der Waals surface area contributed by atoms with Gasteiger partial charge in [0.25, 0.3) is 0 Å². The normalized spacial score (nSPS) is 10.5. The standard InChI is InChI=1S/C12H23N5O2/c1-4-7-13-8-10-15-16-12(19-10)14-9-11(18)17(5-2)6-3/h13H,4-9H2,1-3H3,(H,14,16). The first-order chi connectivity index (χ1) is 9.21. The van der Waals surface area contributed by atoms with Crippen molar-refractivity contribution in [3.05, 3.63) is 5.89 Å². The number of aromatic nitrogens is 2. The number of anilines is 1. The molecule has 7 nitrogen and oxygen atoms in total. The topological polar surface area (TPSA) is 83.3 Å². The zero-order valence-corrected chi connectivity index (χ0v) is 11.9. The second-order valence-electron chi connectivity index (χ2n) is 4.10. The Morgan fingerprint density at radius 3 is 2.63 bits per heavy atom. The first-order valence-electron chi connectivity index (χ1n) is 6.75. The number of amides is 1. The molecule has 7 heteroatoms. The molecule has 0 radical (unpaired) electrons. The molecule has 0 atom stereocenters. The molecule has 0 bridgehead atoms. The predicted octanol–water partition coefficient (Wildman–Crippen LogP) is 0.849. The lowest BCUT2D eigenvalue weighted by Gasteiger charge is -2.18. The van der Waals surface area contributed by atoms with E-state index in [9.17, 15) is 4.79 Å². The van der Waals surface area contributed by atoms with Gasteiger partial charge in [0.1, 0.15) is 0 Å². The van der Waals surface area contributed by atoms with Crippen LogP contribution in [-0.2, 0) is 11.3 Å². The van der Waals surface area contributed by atoms with Gasteiger partial charge in [-0.2, -0.15) is 0 Å². The van der Waals surface area contributed by atoms with Gasteiger partial charge in [-0.05, 0) is 26.8 Å². The second-order valence-corrected chi connectivity index (χ2v) is 4.10. The summed E-state index contributed by atoms with van der Waals surface area (Å²) in [5.41, 5.74) is 0. The van der Waals surface area contributed by atoms with Gasteiger partial charge in [-0.25, -0.2) is 0 Å². The average molecular weight is 269 g/mol. The van der Waals surface area contributed by atoms with E-state index in [4.69, 9.17) is 4.42 Å². The minimum Gasteiger partial charge on any atom is -0.407 e. The van der Waals surface area contributed by atoms with Crippen LogP contribution in [0.25, 0.3) is 0 Å². The fraction of sp³-hybridized carbons (Fsp3) is 0.750. The molecule has 2 N–H and O–H groups in total. The van der Waals surface area contributed by atoms with Gasteiger partial charge in [-0.15, -0.1) is 5.10 Å². The molecular formula is C12H23N5O2. The van der Waals surface area contributed by atoms with Crippen LogP contribution in [0.15, 0.2) is 4.42 Å². The third-order valence-corrected chi connectivity index (χ3v) is 2.68. The van der Waals surface area contributed by atoms with Crippen LogP contribution in [0.5, 0.6) is 0 Å². The summed E-state index contributed by atoms with van der Waals surface area (Å²) >= 11 is 0. The van der Waals surface area contributed by atoms with E-state index in [0.717, 1.165) is 13.0 Å². The summed E-state index contributed by atoms with van der Waals surface area (Å²) in [7, 11) is 0. The van der Waals surface area contributed by atoms with Gasteiger partial charge in [-0.1, -0.05) is 12.0 Å². The first-order valence-corrected chi connectivity index (χ1v) is 6.75. The fourth-order valence-electron chi connectivity index (χ4n) is 1.61. The zero-order valence-electron chi connectivity index (χ0n) is 11.9. The van der Waals surface area contributed by atoms with Crippen molar-refractivity contribution in [2.45, 2.75) is 33.7 Å². The van der Waals surface area contributed by atoms with E-state index >= 15 is 0 Å². The number of carbonyl (C=O) groups is 1. The predicted molar refractivity (Wildman–Crippen MR) is 72.7 cm³/mol. The number of hydrogen-bond donors (Lipinski definition) is 2. The molecular weight excluding hydrogens is 246 g/mol. The molecule has 1 heterocycles. The zero-order chi connectivity index (χ0) is 14.1. The molecule has 1 aromatic heterocycles. The third kappa shape index (κ3) is 5.25. The maximum absolute atomic E-state index is 11.8. The Morgan fingerprint density at radius 2 is 2.00 bits per heavy atom. The summed E-state index contributed by atoms with van der Waals surface area (Å²) < 4.78 is 5.36. The van der Waals surface area contributed by atoms with Crippen LogP contribution in [-0.4, -0.2) is 47.2 Å². The summed E-state index contributed by atoms with van der Waals surface area (Å²) in [4.78, 5) is 13.5. The van der Waals surface area contributed by atoms with Crippen molar-refractivity contribution in [1.82, 2.24) is 20.4 Å². The van der Waals surface area contributed by atoms with Crippen molar-refractivity contribution >= 4 is 11.9 Å². The molecule has 0 fully saturated rings. The molecule has 0 aliphatic rings. The molecule has 0 aromatic carbocycles. The lowest BCUT2D eigenvalue weighted by Crippen LogP contribution is -2.35. The van der Waals surface area contributed by atoms with Crippen molar-refractivity contribution in [3.8, 4) is 0 Å². The molecule has 19 heavy (non-hydrogen) atoms. The molecule has 1 aromatic rings. The van der Waals surface area contributed by atoms with E-state index in [0.29, 0.717) is 25.5 Å². The monoisotopic (exact) mass is 269 g/mol. The SMILES string of the molecule is CCCNCc1nnc(NCC(=O)N(CC)CC)o1. The largest absolute Gasteiger partial charge is 0.407 e. The Labute approximate surface area is 113 Å². The van der Waals surface area contributed by atoms with Gasteiger partial charge in [0.2, 0.25) is 11.8 Å². The van der Waals surface area contributed by atoms with E-state index in [1.165, 1.54) is 0 Å². The molecule has 1 amide bonds. The van der Waals surface area contributed by atoms with Crippen molar-refractivity contribution < 1.29 is 9.21 Å². The Kier molecular flexibility index (Phi) is 6.88. The van der Waals surface area contributed by atoms with Gasteiger partial charge in [0.15, 0.2) is 0 Å². The van der Waals surface area contributed by atoms with Crippen molar-refractivity contribution in [2.75, 3.05) is 31.5 Å². The average Bonchev–Trinajstić information content (AvgIpc) is 2.86. The number of nitrogens with one attached hydrogen (secondary N) is 2. The van der Waals surface area contributed by atoms with Gasteiger partial charge < -0.3 is 20.0 Å². The highest BCUT2D eigenvalue weighted by Crippen LogP contribution is 2.04.